The van der Waals surface area contributed by atoms with E-state index in [1.807, 2.05) is 36.1 Å². The quantitative estimate of drug-likeness (QED) is 0.398. The molecule has 0 aromatic heterocycles. The minimum atomic E-state index is -3.70. The maximum atomic E-state index is 13.8. The van der Waals surface area contributed by atoms with E-state index in [1.54, 1.807) is 17.5 Å². The third-order valence-electron chi connectivity index (χ3n) is 7.94. The highest BCUT2D eigenvalue weighted by Gasteiger charge is 2.41. The Morgan fingerprint density at radius 1 is 1.00 bits per heavy atom. The molecule has 0 N–H and O–H groups in total. The van der Waals surface area contributed by atoms with Crippen molar-refractivity contribution in [3.63, 3.8) is 0 Å². The standard InChI is InChI=1S/C27H35N3O5S/c1-20-26(30-23-8-9-24(30)17-28(16-23)18-31)14-25(15-27(20)35-19-34-2)36(32,33)29-12-10-22(11-13-29)21-6-4-3-5-7-21/h3-7,14-15,18,22-24H,8-13,16-17,19H2,1-2H3. The number of sulfonamides is 1. The lowest BCUT2D eigenvalue weighted by atomic mass is 9.90. The van der Waals surface area contributed by atoms with Crippen molar-refractivity contribution in [2.24, 2.45) is 0 Å². The first-order valence-corrected chi connectivity index (χ1v) is 14.2. The Hall–Kier alpha value is -2.62. The molecule has 5 rings (SSSR count). The lowest BCUT2D eigenvalue weighted by Crippen LogP contribution is -2.53. The van der Waals surface area contributed by atoms with E-state index < -0.39 is 10.0 Å². The van der Waals surface area contributed by atoms with Crippen LogP contribution in [0.15, 0.2) is 47.4 Å². The number of rotatable bonds is 8. The van der Waals surface area contributed by atoms with E-state index >= 15 is 0 Å². The number of benzene rings is 2. The van der Waals surface area contributed by atoms with Crippen LogP contribution in [-0.4, -0.2) is 76.2 Å². The Balaban J connectivity index is 1.44. The number of piperidine rings is 1. The van der Waals surface area contributed by atoms with Crippen LogP contribution >= 0.6 is 0 Å². The summed E-state index contributed by atoms with van der Waals surface area (Å²) in [6.45, 7) is 4.28. The van der Waals surface area contributed by atoms with Crippen LogP contribution in [0, 0.1) is 6.92 Å². The van der Waals surface area contributed by atoms with Crippen molar-refractivity contribution >= 4 is 22.1 Å². The van der Waals surface area contributed by atoms with Gasteiger partial charge in [-0.1, -0.05) is 30.3 Å². The first kappa shape index (κ1) is 25.0. The monoisotopic (exact) mass is 513 g/mol. The molecule has 3 fully saturated rings. The van der Waals surface area contributed by atoms with Gasteiger partial charge in [-0.25, -0.2) is 8.42 Å². The molecule has 0 spiro atoms. The Kier molecular flexibility index (Phi) is 7.23. The molecule has 194 valence electrons. The largest absolute Gasteiger partial charge is 0.467 e. The first-order valence-electron chi connectivity index (χ1n) is 12.7. The van der Waals surface area contributed by atoms with Gasteiger partial charge in [-0.3, -0.25) is 4.79 Å². The van der Waals surface area contributed by atoms with E-state index in [4.69, 9.17) is 9.47 Å². The summed E-state index contributed by atoms with van der Waals surface area (Å²) >= 11 is 0. The fourth-order valence-electron chi connectivity index (χ4n) is 6.06. The molecule has 2 aromatic carbocycles. The SMILES string of the molecule is COCOc1cc(S(=O)(=O)N2CCC(c3ccccc3)CC2)cc(N2C3CCC2CN(C=O)C3)c1C. The molecule has 3 aliphatic heterocycles. The Morgan fingerprint density at radius 3 is 2.28 bits per heavy atom. The summed E-state index contributed by atoms with van der Waals surface area (Å²) in [4.78, 5) is 15.8. The molecule has 2 atom stereocenters. The average molecular weight is 514 g/mol. The maximum Gasteiger partial charge on any atom is 0.243 e. The summed E-state index contributed by atoms with van der Waals surface area (Å²) < 4.78 is 40.3. The van der Waals surface area contributed by atoms with Gasteiger partial charge in [-0.05, 0) is 50.2 Å². The van der Waals surface area contributed by atoms with Crippen molar-refractivity contribution in [2.45, 2.75) is 55.5 Å². The molecule has 36 heavy (non-hydrogen) atoms. The summed E-state index contributed by atoms with van der Waals surface area (Å²) in [6, 6.07) is 14.1. The molecule has 0 radical (unpaired) electrons. The Morgan fingerprint density at radius 2 is 1.67 bits per heavy atom. The summed E-state index contributed by atoms with van der Waals surface area (Å²) in [5.41, 5.74) is 3.04. The zero-order chi connectivity index (χ0) is 25.3. The average Bonchev–Trinajstić information content (AvgIpc) is 3.16. The molecule has 2 aromatic rings. The smallest absolute Gasteiger partial charge is 0.243 e. The zero-order valence-electron chi connectivity index (χ0n) is 21.0. The van der Waals surface area contributed by atoms with E-state index in [2.05, 4.69) is 17.0 Å². The molecule has 2 bridgehead atoms. The number of hydrogen-bond acceptors (Lipinski definition) is 6. The Bertz CT molecular complexity index is 1170. The molecule has 0 saturated carbocycles. The van der Waals surface area contributed by atoms with Gasteiger partial charge in [0.05, 0.1) is 4.90 Å². The first-order chi connectivity index (χ1) is 17.4. The van der Waals surface area contributed by atoms with Gasteiger partial charge in [0.1, 0.15) is 5.75 Å². The number of carbonyl (C=O) groups excluding carboxylic acids is 1. The van der Waals surface area contributed by atoms with Crippen molar-refractivity contribution in [3.05, 3.63) is 53.6 Å². The molecular formula is C27H35N3O5S. The van der Waals surface area contributed by atoms with Crippen LogP contribution in [0.5, 0.6) is 5.75 Å². The minimum absolute atomic E-state index is 0.0397. The highest BCUT2D eigenvalue weighted by Crippen LogP contribution is 2.41. The predicted octanol–water partition coefficient (Wildman–Crippen LogP) is 3.36. The van der Waals surface area contributed by atoms with Gasteiger partial charge in [-0.15, -0.1) is 0 Å². The number of methoxy groups -OCH3 is 1. The van der Waals surface area contributed by atoms with Crippen molar-refractivity contribution in [1.29, 1.82) is 0 Å². The number of fused-ring (bicyclic) bond motifs is 2. The second-order valence-electron chi connectivity index (χ2n) is 10.1. The van der Waals surface area contributed by atoms with E-state index in [0.29, 0.717) is 37.8 Å². The normalized spacial score (nSPS) is 23.2. The molecule has 3 saturated heterocycles. The highest BCUT2D eigenvalue weighted by molar-refractivity contribution is 7.89. The predicted molar refractivity (Wildman–Crippen MR) is 138 cm³/mol. The molecule has 9 heteroatoms. The van der Waals surface area contributed by atoms with Gasteiger partial charge in [-0.2, -0.15) is 4.31 Å². The van der Waals surface area contributed by atoms with Crippen LogP contribution in [0.4, 0.5) is 5.69 Å². The van der Waals surface area contributed by atoms with Crippen molar-refractivity contribution in [3.8, 4) is 5.75 Å². The third kappa shape index (κ3) is 4.71. The topological polar surface area (TPSA) is 79.4 Å². The lowest BCUT2D eigenvalue weighted by molar-refractivity contribution is -0.119. The highest BCUT2D eigenvalue weighted by atomic mass is 32.2. The molecule has 3 heterocycles. The van der Waals surface area contributed by atoms with E-state index in [9.17, 15) is 13.2 Å². The van der Waals surface area contributed by atoms with Crippen LogP contribution in [0.1, 0.15) is 42.7 Å². The zero-order valence-corrected chi connectivity index (χ0v) is 21.8. The molecular weight excluding hydrogens is 478 g/mol. The van der Waals surface area contributed by atoms with Gasteiger partial charge in [0.15, 0.2) is 6.79 Å². The maximum absolute atomic E-state index is 13.8. The van der Waals surface area contributed by atoms with Gasteiger partial charge in [0.2, 0.25) is 16.4 Å². The molecule has 2 unspecified atom stereocenters. The molecule has 0 aliphatic carbocycles. The molecule has 8 nitrogen and oxygen atoms in total. The van der Waals surface area contributed by atoms with Crippen LogP contribution in [0.3, 0.4) is 0 Å². The van der Waals surface area contributed by atoms with Crippen molar-refractivity contribution in [1.82, 2.24) is 9.21 Å². The van der Waals surface area contributed by atoms with E-state index in [-0.39, 0.29) is 23.8 Å². The van der Waals surface area contributed by atoms with Crippen LogP contribution in [0.2, 0.25) is 0 Å². The number of ether oxygens (including phenoxy) is 2. The second kappa shape index (κ2) is 10.4. The van der Waals surface area contributed by atoms with Crippen LogP contribution < -0.4 is 9.64 Å². The summed E-state index contributed by atoms with van der Waals surface area (Å²) in [7, 11) is -2.16. The van der Waals surface area contributed by atoms with Gasteiger partial charge >= 0.3 is 0 Å². The van der Waals surface area contributed by atoms with Crippen LogP contribution in [0.25, 0.3) is 0 Å². The Labute approximate surface area is 213 Å². The van der Waals surface area contributed by atoms with Gasteiger partial charge < -0.3 is 19.3 Å². The fourth-order valence-corrected chi connectivity index (χ4v) is 7.56. The van der Waals surface area contributed by atoms with Crippen molar-refractivity contribution < 1.29 is 22.7 Å². The number of carbonyl (C=O) groups is 1. The number of anilines is 1. The van der Waals surface area contributed by atoms with Crippen LogP contribution in [-0.2, 0) is 19.6 Å². The summed E-state index contributed by atoms with van der Waals surface area (Å²) in [6.07, 6.45) is 4.47. The third-order valence-corrected chi connectivity index (χ3v) is 9.82. The molecule has 3 aliphatic rings. The number of nitrogens with zero attached hydrogens (tertiary/aromatic N) is 3. The minimum Gasteiger partial charge on any atom is -0.467 e. The number of amides is 1. The second-order valence-corrected chi connectivity index (χ2v) is 12.0. The number of piperazine rings is 1. The fraction of sp³-hybridized carbons (Fsp3) is 0.519. The number of hydrogen-bond donors (Lipinski definition) is 0. The van der Waals surface area contributed by atoms with E-state index in [1.165, 1.54) is 5.56 Å². The van der Waals surface area contributed by atoms with E-state index in [0.717, 1.165) is 43.3 Å². The summed E-state index contributed by atoms with van der Waals surface area (Å²) in [5.74, 6) is 0.890. The van der Waals surface area contributed by atoms with Gasteiger partial charge in [0.25, 0.3) is 0 Å². The van der Waals surface area contributed by atoms with Gasteiger partial charge in [0, 0.05) is 62.7 Å². The lowest BCUT2D eigenvalue weighted by Gasteiger charge is -2.42. The van der Waals surface area contributed by atoms with Crippen molar-refractivity contribution in [2.75, 3.05) is 45.0 Å². The molecule has 1 amide bonds. The summed E-state index contributed by atoms with van der Waals surface area (Å²) in [5, 5.41) is 0. The number of likely N-dealkylation sites (tertiary alicyclic amines) is 1.